The van der Waals surface area contributed by atoms with Gasteiger partial charge in [0.25, 0.3) is 0 Å². The molecule has 0 aliphatic heterocycles. The minimum atomic E-state index is 0.656. The van der Waals surface area contributed by atoms with Gasteiger partial charge in [0.2, 0.25) is 0 Å². The van der Waals surface area contributed by atoms with Gasteiger partial charge in [0, 0.05) is 21.4 Å². The third kappa shape index (κ3) is 3.33. The Morgan fingerprint density at radius 1 is 0.966 bits per heavy atom. The molecule has 2 heterocycles. The molecule has 1 aliphatic rings. The molecular formula is C25H22ClNOS. The molecule has 0 atom stereocenters. The third-order valence-electron chi connectivity index (χ3n) is 5.54. The molecule has 0 spiro atoms. The zero-order chi connectivity index (χ0) is 19.8. The summed E-state index contributed by atoms with van der Waals surface area (Å²) in [5.74, 6) is 0.864. The summed E-state index contributed by atoms with van der Waals surface area (Å²) in [7, 11) is 0. The average molecular weight is 420 g/mol. The van der Waals surface area contributed by atoms with Crippen molar-refractivity contribution in [1.29, 1.82) is 0 Å². The van der Waals surface area contributed by atoms with Gasteiger partial charge in [-0.25, -0.2) is 4.98 Å². The van der Waals surface area contributed by atoms with Crippen LogP contribution in [-0.4, -0.2) is 11.6 Å². The highest BCUT2D eigenvalue weighted by Gasteiger charge is 2.24. The number of fused-ring (bicyclic) bond motifs is 3. The van der Waals surface area contributed by atoms with Gasteiger partial charge in [0.15, 0.2) is 0 Å². The Morgan fingerprint density at radius 2 is 1.72 bits per heavy atom. The summed E-state index contributed by atoms with van der Waals surface area (Å²) < 4.78 is 5.59. The van der Waals surface area contributed by atoms with Crippen LogP contribution < -0.4 is 4.74 Å². The summed E-state index contributed by atoms with van der Waals surface area (Å²) in [4.78, 5) is 7.64. The summed E-state index contributed by atoms with van der Waals surface area (Å²) in [6.07, 6.45) is 4.78. The summed E-state index contributed by atoms with van der Waals surface area (Å²) in [6, 6.07) is 18.6. The van der Waals surface area contributed by atoms with Crippen molar-refractivity contribution >= 4 is 33.2 Å². The van der Waals surface area contributed by atoms with E-state index < -0.39 is 0 Å². The summed E-state index contributed by atoms with van der Waals surface area (Å²) in [6.45, 7) is 2.65. The first-order valence-corrected chi connectivity index (χ1v) is 11.4. The van der Waals surface area contributed by atoms with E-state index in [1.165, 1.54) is 28.7 Å². The Hall–Kier alpha value is -2.36. The van der Waals surface area contributed by atoms with Gasteiger partial charge in [-0.3, -0.25) is 0 Å². The van der Waals surface area contributed by atoms with Gasteiger partial charge in [-0.05, 0) is 68.0 Å². The van der Waals surface area contributed by atoms with Crippen molar-refractivity contribution in [3.05, 3.63) is 70.1 Å². The molecular weight excluding hydrogens is 398 g/mol. The number of hydrogen-bond donors (Lipinski definition) is 0. The second-order valence-electron chi connectivity index (χ2n) is 7.36. The maximum Gasteiger partial charge on any atom is 0.125 e. The molecule has 5 rings (SSSR count). The van der Waals surface area contributed by atoms with Gasteiger partial charge in [0.1, 0.15) is 10.6 Å². The standard InChI is InChI=1S/C25H22ClNOS/c1-2-28-18-14-12-17(13-15-18)24-23(26)21(16-8-4-3-5-9-16)22-19-10-6-7-11-20(19)29-25(22)27-24/h3-5,8-9,12-15H,2,6-7,10-11H2,1H3. The van der Waals surface area contributed by atoms with Crippen LogP contribution in [0.1, 0.15) is 30.2 Å². The molecule has 0 bridgehead atoms. The lowest BCUT2D eigenvalue weighted by atomic mass is 9.92. The van der Waals surface area contributed by atoms with Crippen molar-refractivity contribution in [2.75, 3.05) is 6.61 Å². The highest BCUT2D eigenvalue weighted by molar-refractivity contribution is 7.19. The average Bonchev–Trinajstić information content (AvgIpc) is 3.13. The van der Waals surface area contributed by atoms with E-state index in [-0.39, 0.29) is 0 Å². The Bertz CT molecular complexity index is 1170. The number of benzene rings is 2. The number of aryl methyl sites for hydroxylation is 2. The van der Waals surface area contributed by atoms with Crippen LogP contribution >= 0.6 is 22.9 Å². The maximum absolute atomic E-state index is 7.07. The smallest absolute Gasteiger partial charge is 0.125 e. The van der Waals surface area contributed by atoms with Crippen LogP contribution in [0, 0.1) is 0 Å². The molecule has 0 radical (unpaired) electrons. The van der Waals surface area contributed by atoms with E-state index in [1.54, 1.807) is 0 Å². The van der Waals surface area contributed by atoms with Crippen molar-refractivity contribution in [2.24, 2.45) is 0 Å². The first kappa shape index (κ1) is 18.7. The van der Waals surface area contributed by atoms with E-state index in [0.717, 1.165) is 50.8 Å². The molecule has 2 nitrogen and oxygen atoms in total. The molecule has 4 heteroatoms. The molecule has 0 N–H and O–H groups in total. The number of thiophene rings is 1. The van der Waals surface area contributed by atoms with Crippen LogP contribution in [0.15, 0.2) is 54.6 Å². The van der Waals surface area contributed by atoms with Crippen LogP contribution in [0.5, 0.6) is 5.75 Å². The van der Waals surface area contributed by atoms with Crippen molar-refractivity contribution in [3.8, 4) is 28.1 Å². The second kappa shape index (κ2) is 7.81. The molecule has 0 fully saturated rings. The number of hydrogen-bond acceptors (Lipinski definition) is 3. The Balaban J connectivity index is 1.77. The Kier molecular flexibility index (Phi) is 5.03. The fraction of sp³-hybridized carbons (Fsp3) is 0.240. The number of rotatable bonds is 4. The van der Waals surface area contributed by atoms with Gasteiger partial charge >= 0.3 is 0 Å². The van der Waals surface area contributed by atoms with E-state index in [9.17, 15) is 0 Å². The molecule has 146 valence electrons. The van der Waals surface area contributed by atoms with Gasteiger partial charge in [-0.15, -0.1) is 11.3 Å². The largest absolute Gasteiger partial charge is 0.494 e. The lowest BCUT2D eigenvalue weighted by molar-refractivity contribution is 0.340. The summed E-state index contributed by atoms with van der Waals surface area (Å²) >= 11 is 8.91. The number of pyridine rings is 1. The molecule has 29 heavy (non-hydrogen) atoms. The molecule has 4 aromatic rings. The quantitative estimate of drug-likeness (QED) is 0.340. The Morgan fingerprint density at radius 3 is 2.48 bits per heavy atom. The topological polar surface area (TPSA) is 22.1 Å². The van der Waals surface area contributed by atoms with Crippen molar-refractivity contribution < 1.29 is 4.74 Å². The second-order valence-corrected chi connectivity index (χ2v) is 8.83. The van der Waals surface area contributed by atoms with Crippen molar-refractivity contribution in [3.63, 3.8) is 0 Å². The summed E-state index contributed by atoms with van der Waals surface area (Å²) in [5.41, 5.74) is 5.61. The fourth-order valence-electron chi connectivity index (χ4n) is 4.21. The Labute approximate surface area is 180 Å². The molecule has 2 aromatic carbocycles. The first-order chi connectivity index (χ1) is 14.3. The van der Waals surface area contributed by atoms with Crippen molar-refractivity contribution in [1.82, 2.24) is 4.98 Å². The third-order valence-corrected chi connectivity index (χ3v) is 7.10. The van der Waals surface area contributed by atoms with Gasteiger partial charge < -0.3 is 4.74 Å². The minimum Gasteiger partial charge on any atom is -0.494 e. The van der Waals surface area contributed by atoms with Crippen LogP contribution in [0.3, 0.4) is 0 Å². The zero-order valence-corrected chi connectivity index (χ0v) is 17.9. The molecule has 1 aliphatic carbocycles. The predicted molar refractivity (Wildman–Crippen MR) is 123 cm³/mol. The van der Waals surface area contributed by atoms with Crippen molar-refractivity contribution in [2.45, 2.75) is 32.6 Å². The van der Waals surface area contributed by atoms with Gasteiger partial charge in [-0.1, -0.05) is 41.9 Å². The highest BCUT2D eigenvalue weighted by Crippen LogP contribution is 2.46. The SMILES string of the molecule is CCOc1ccc(-c2nc3sc4c(c3c(-c3ccccc3)c2Cl)CCCC4)cc1. The zero-order valence-electron chi connectivity index (χ0n) is 16.4. The molecule has 0 saturated carbocycles. The van der Waals surface area contributed by atoms with E-state index in [2.05, 4.69) is 24.3 Å². The molecule has 0 saturated heterocycles. The molecule has 0 unspecified atom stereocenters. The fourth-order valence-corrected chi connectivity index (χ4v) is 5.84. The number of nitrogens with zero attached hydrogens (tertiary/aromatic N) is 1. The lowest BCUT2D eigenvalue weighted by Crippen LogP contribution is -1.99. The monoisotopic (exact) mass is 419 g/mol. The summed E-state index contributed by atoms with van der Waals surface area (Å²) in [5, 5.41) is 2.00. The maximum atomic E-state index is 7.07. The van der Waals surface area contributed by atoms with Crippen LogP contribution in [0.25, 0.3) is 32.6 Å². The van der Waals surface area contributed by atoms with E-state index in [0.29, 0.717) is 6.61 Å². The van der Waals surface area contributed by atoms with Crippen LogP contribution in [0.4, 0.5) is 0 Å². The van der Waals surface area contributed by atoms with Crippen LogP contribution in [0.2, 0.25) is 5.02 Å². The van der Waals surface area contributed by atoms with Gasteiger partial charge in [-0.2, -0.15) is 0 Å². The first-order valence-electron chi connectivity index (χ1n) is 10.2. The number of aromatic nitrogens is 1. The predicted octanol–water partition coefficient (Wildman–Crippen LogP) is 7.56. The molecule has 2 aromatic heterocycles. The number of halogens is 1. The van der Waals surface area contributed by atoms with Gasteiger partial charge in [0.05, 0.1) is 17.3 Å². The van der Waals surface area contributed by atoms with E-state index in [4.69, 9.17) is 21.3 Å². The molecule has 0 amide bonds. The normalized spacial score (nSPS) is 13.4. The number of ether oxygens (including phenoxy) is 1. The van der Waals surface area contributed by atoms with E-state index in [1.807, 2.05) is 48.6 Å². The van der Waals surface area contributed by atoms with E-state index >= 15 is 0 Å². The highest BCUT2D eigenvalue weighted by atomic mass is 35.5. The lowest BCUT2D eigenvalue weighted by Gasteiger charge is -2.15. The minimum absolute atomic E-state index is 0.656. The van der Waals surface area contributed by atoms with Crippen LogP contribution in [-0.2, 0) is 12.8 Å².